The first-order valence-electron chi connectivity index (χ1n) is 11.4. The largest absolute Gasteiger partial charge is 0.461 e. The molecule has 0 aliphatic rings. The zero-order valence-corrected chi connectivity index (χ0v) is 21.5. The van der Waals surface area contributed by atoms with Gasteiger partial charge in [0.15, 0.2) is 0 Å². The highest BCUT2D eigenvalue weighted by atomic mass is 32.2. The zero-order chi connectivity index (χ0) is 26.6. The van der Waals surface area contributed by atoms with E-state index in [-0.39, 0.29) is 12.4 Å². The summed E-state index contributed by atoms with van der Waals surface area (Å²) in [6.07, 6.45) is -1.22. The minimum atomic E-state index is -1.30. The number of ether oxygens (including phenoxy) is 2. The van der Waals surface area contributed by atoms with Crippen LogP contribution in [0.25, 0.3) is 0 Å². The van der Waals surface area contributed by atoms with Crippen molar-refractivity contribution in [1.29, 1.82) is 0 Å². The van der Waals surface area contributed by atoms with Gasteiger partial charge in [-0.05, 0) is 31.9 Å². The van der Waals surface area contributed by atoms with Crippen LogP contribution in [0.4, 0.5) is 4.79 Å². The maximum absolute atomic E-state index is 13.0. The number of thioether (sulfide) groups is 1. The van der Waals surface area contributed by atoms with E-state index in [4.69, 9.17) is 15.2 Å². The molecule has 2 rings (SSSR count). The Hall–Kier alpha value is -3.53. The molecule has 9 nitrogen and oxygen atoms in total. The van der Waals surface area contributed by atoms with Gasteiger partial charge in [-0.15, -0.1) is 0 Å². The van der Waals surface area contributed by atoms with E-state index in [1.165, 1.54) is 11.8 Å². The summed E-state index contributed by atoms with van der Waals surface area (Å²) in [7, 11) is 0. The molecule has 0 aliphatic carbocycles. The predicted molar refractivity (Wildman–Crippen MR) is 138 cm³/mol. The van der Waals surface area contributed by atoms with Crippen LogP contribution in [-0.4, -0.2) is 47.3 Å². The Bertz CT molecular complexity index is 1010. The predicted octanol–water partition coefficient (Wildman–Crippen LogP) is 2.92. The van der Waals surface area contributed by atoms with Gasteiger partial charge in [-0.3, -0.25) is 14.4 Å². The smallest absolute Gasteiger partial charge is 0.408 e. The number of primary amides is 1. The molecule has 2 aromatic carbocycles. The van der Waals surface area contributed by atoms with E-state index in [1.807, 2.05) is 48.5 Å². The van der Waals surface area contributed by atoms with Gasteiger partial charge in [-0.2, -0.15) is 11.8 Å². The molecule has 10 heteroatoms. The fourth-order valence-corrected chi connectivity index (χ4v) is 3.98. The number of rotatable bonds is 12. The number of hydrogen-bond donors (Lipinski definition) is 3. The van der Waals surface area contributed by atoms with Crippen LogP contribution < -0.4 is 16.4 Å². The second kappa shape index (κ2) is 14.1. The number of amides is 3. The summed E-state index contributed by atoms with van der Waals surface area (Å²) < 4.78 is 10.5. The number of esters is 1. The first-order valence-corrected chi connectivity index (χ1v) is 12.6. The lowest BCUT2D eigenvalue weighted by atomic mass is 10.1. The van der Waals surface area contributed by atoms with E-state index in [0.717, 1.165) is 11.1 Å². The topological polar surface area (TPSA) is 137 Å². The van der Waals surface area contributed by atoms with E-state index in [2.05, 4.69) is 10.6 Å². The maximum atomic E-state index is 13.0. The van der Waals surface area contributed by atoms with Gasteiger partial charge in [0.25, 0.3) is 0 Å². The van der Waals surface area contributed by atoms with Crippen molar-refractivity contribution < 1.29 is 28.7 Å². The number of carbonyl (C=O) groups is 4. The Labute approximate surface area is 215 Å². The molecule has 0 bridgehead atoms. The molecule has 0 radical (unpaired) electrons. The molecule has 0 saturated carbocycles. The summed E-state index contributed by atoms with van der Waals surface area (Å²) in [5.74, 6) is -1.46. The Kier molecular flexibility index (Phi) is 11.3. The van der Waals surface area contributed by atoms with Gasteiger partial charge < -0.3 is 25.8 Å². The van der Waals surface area contributed by atoms with E-state index in [0.29, 0.717) is 5.75 Å². The molecule has 0 unspecified atom stereocenters. The minimum Gasteiger partial charge on any atom is -0.461 e. The molecule has 36 heavy (non-hydrogen) atoms. The fraction of sp³-hybridized carbons (Fsp3) is 0.385. The Morgan fingerprint density at radius 3 is 2.03 bits per heavy atom. The van der Waals surface area contributed by atoms with E-state index < -0.39 is 48.0 Å². The molecular formula is C26H33N3O6S. The summed E-state index contributed by atoms with van der Waals surface area (Å²) in [6, 6.07) is 16.3. The quantitative estimate of drug-likeness (QED) is 0.370. The monoisotopic (exact) mass is 515 g/mol. The number of nitrogens with one attached hydrogen (secondary N) is 2. The number of carbonyl (C=O) groups excluding carboxylic acids is 4. The standard InChI is InChI=1S/C26H33N3O6S/c1-26(2,3)35-25(33)29-21(17-36-16-19-12-8-5-9-13-19)24(32)28-20(23(27)31)14-22(30)34-15-18-10-6-4-7-11-18/h4-13,20-21H,14-17H2,1-3H3,(H2,27,31)(H,28,32)(H,29,33)/t20-,21+/m1/s1. The van der Waals surface area contributed by atoms with Crippen molar-refractivity contribution in [1.82, 2.24) is 10.6 Å². The van der Waals surface area contributed by atoms with Crippen LogP contribution in [0.5, 0.6) is 0 Å². The number of nitrogens with two attached hydrogens (primary N) is 1. The van der Waals surface area contributed by atoms with Crippen molar-refractivity contribution in [2.24, 2.45) is 5.73 Å². The Balaban J connectivity index is 1.99. The molecule has 0 aliphatic heterocycles. The molecule has 0 saturated heterocycles. The summed E-state index contributed by atoms with van der Waals surface area (Å²) in [4.78, 5) is 49.6. The average molecular weight is 516 g/mol. The Morgan fingerprint density at radius 2 is 1.47 bits per heavy atom. The highest BCUT2D eigenvalue weighted by Crippen LogP contribution is 2.14. The first kappa shape index (κ1) is 28.7. The van der Waals surface area contributed by atoms with Crippen molar-refractivity contribution in [3.63, 3.8) is 0 Å². The molecule has 2 aromatic rings. The van der Waals surface area contributed by atoms with Gasteiger partial charge in [0.2, 0.25) is 11.8 Å². The second-order valence-electron chi connectivity index (χ2n) is 9.01. The first-order chi connectivity index (χ1) is 17.0. The molecule has 3 amide bonds. The molecule has 0 heterocycles. The van der Waals surface area contributed by atoms with Crippen LogP contribution in [0.15, 0.2) is 60.7 Å². The maximum Gasteiger partial charge on any atom is 0.408 e. The van der Waals surface area contributed by atoms with Gasteiger partial charge in [-0.1, -0.05) is 60.7 Å². The normalized spacial score (nSPS) is 12.6. The van der Waals surface area contributed by atoms with Gasteiger partial charge >= 0.3 is 12.1 Å². The van der Waals surface area contributed by atoms with Crippen LogP contribution in [0.1, 0.15) is 38.3 Å². The average Bonchev–Trinajstić information content (AvgIpc) is 2.81. The summed E-state index contributed by atoms with van der Waals surface area (Å²) in [6.45, 7) is 5.14. The molecular weight excluding hydrogens is 482 g/mol. The van der Waals surface area contributed by atoms with Gasteiger partial charge in [0, 0.05) is 11.5 Å². The van der Waals surface area contributed by atoms with Crippen LogP contribution in [0.3, 0.4) is 0 Å². The van der Waals surface area contributed by atoms with Crippen LogP contribution in [0.2, 0.25) is 0 Å². The van der Waals surface area contributed by atoms with Gasteiger partial charge in [0.05, 0.1) is 6.42 Å². The lowest BCUT2D eigenvalue weighted by Crippen LogP contribution is -2.55. The number of hydrogen-bond acceptors (Lipinski definition) is 7. The second-order valence-corrected chi connectivity index (χ2v) is 10.0. The third kappa shape index (κ3) is 11.3. The summed E-state index contributed by atoms with van der Waals surface area (Å²) >= 11 is 1.42. The zero-order valence-electron chi connectivity index (χ0n) is 20.7. The molecule has 4 N–H and O–H groups in total. The van der Waals surface area contributed by atoms with E-state index in [1.54, 1.807) is 32.9 Å². The molecule has 194 valence electrons. The van der Waals surface area contributed by atoms with E-state index in [9.17, 15) is 19.2 Å². The lowest BCUT2D eigenvalue weighted by Gasteiger charge is -2.24. The van der Waals surface area contributed by atoms with E-state index >= 15 is 0 Å². The molecule has 0 fully saturated rings. The van der Waals surface area contributed by atoms with Crippen molar-refractivity contribution in [2.45, 2.75) is 57.2 Å². The highest BCUT2D eigenvalue weighted by Gasteiger charge is 2.29. The Morgan fingerprint density at radius 1 is 0.889 bits per heavy atom. The highest BCUT2D eigenvalue weighted by molar-refractivity contribution is 7.98. The number of alkyl carbamates (subject to hydrolysis) is 1. The molecule has 2 atom stereocenters. The summed E-state index contributed by atoms with van der Waals surface area (Å²) in [5.41, 5.74) is 6.49. The summed E-state index contributed by atoms with van der Waals surface area (Å²) in [5, 5.41) is 5.01. The van der Waals surface area contributed by atoms with Crippen molar-refractivity contribution in [3.8, 4) is 0 Å². The number of benzene rings is 2. The van der Waals surface area contributed by atoms with Crippen LogP contribution in [-0.2, 0) is 36.2 Å². The molecule has 0 spiro atoms. The van der Waals surface area contributed by atoms with Crippen LogP contribution in [0, 0.1) is 0 Å². The SMILES string of the molecule is CC(C)(C)OC(=O)N[C@@H](CSCc1ccccc1)C(=O)N[C@H](CC(=O)OCc1ccccc1)C(N)=O. The third-order valence-corrected chi connectivity index (χ3v) is 5.78. The lowest BCUT2D eigenvalue weighted by molar-refractivity contribution is -0.147. The van der Waals surface area contributed by atoms with Crippen molar-refractivity contribution in [2.75, 3.05) is 5.75 Å². The fourth-order valence-electron chi connectivity index (χ4n) is 2.96. The third-order valence-electron chi connectivity index (χ3n) is 4.68. The molecule has 0 aromatic heterocycles. The van der Waals surface area contributed by atoms with Gasteiger partial charge in [-0.25, -0.2) is 4.79 Å². The van der Waals surface area contributed by atoms with Crippen molar-refractivity contribution >= 4 is 35.6 Å². The van der Waals surface area contributed by atoms with Gasteiger partial charge in [0.1, 0.15) is 24.3 Å². The van der Waals surface area contributed by atoms with Crippen LogP contribution >= 0.6 is 11.8 Å². The van der Waals surface area contributed by atoms with Crippen molar-refractivity contribution in [3.05, 3.63) is 71.8 Å². The minimum absolute atomic E-state index is 0.0258.